The average Bonchev–Trinajstić information content (AvgIpc) is 2.65. The molecule has 0 spiro atoms. The van der Waals surface area contributed by atoms with Crippen LogP contribution in [0.4, 0.5) is 0 Å². The first kappa shape index (κ1) is 13.6. The van der Waals surface area contributed by atoms with Crippen molar-refractivity contribution in [2.24, 2.45) is 5.92 Å². The van der Waals surface area contributed by atoms with E-state index in [2.05, 4.69) is 10.5 Å². The molecule has 6 heteroatoms. The average molecular weight is 266 g/mol. The fourth-order valence-electron chi connectivity index (χ4n) is 2.49. The van der Waals surface area contributed by atoms with Crippen LogP contribution < -0.4 is 5.32 Å². The molecule has 19 heavy (non-hydrogen) atoms. The highest BCUT2D eigenvalue weighted by Crippen LogP contribution is 2.24. The standard InChI is InChI=1S/C13H18N2O4/c1-8-7-11(15-19-8)12(16)14-10-6-4-2-3-5-9(10)13(17)18/h7,9-10H,2-6H2,1H3,(H,14,16)(H,17,18)/t9-,10-/m0/s1. The lowest BCUT2D eigenvalue weighted by atomic mass is 9.95. The number of nitrogens with zero attached hydrogens (tertiary/aromatic N) is 1. The summed E-state index contributed by atoms with van der Waals surface area (Å²) < 4.78 is 4.85. The highest BCUT2D eigenvalue weighted by Gasteiger charge is 2.31. The second-order valence-corrected chi connectivity index (χ2v) is 4.99. The van der Waals surface area contributed by atoms with Crippen molar-refractivity contribution in [1.82, 2.24) is 10.5 Å². The molecule has 1 fully saturated rings. The maximum Gasteiger partial charge on any atom is 0.308 e. The van der Waals surface area contributed by atoms with Gasteiger partial charge in [0.25, 0.3) is 5.91 Å². The fourth-order valence-corrected chi connectivity index (χ4v) is 2.49. The Hall–Kier alpha value is -1.85. The number of carbonyl (C=O) groups excluding carboxylic acids is 1. The van der Waals surface area contributed by atoms with E-state index in [-0.39, 0.29) is 17.6 Å². The molecule has 0 radical (unpaired) electrons. The molecule has 1 heterocycles. The van der Waals surface area contributed by atoms with Crippen molar-refractivity contribution in [2.45, 2.75) is 45.1 Å². The predicted molar refractivity (Wildman–Crippen MR) is 66.7 cm³/mol. The van der Waals surface area contributed by atoms with Crippen LogP contribution in [0.3, 0.4) is 0 Å². The Morgan fingerprint density at radius 1 is 1.37 bits per heavy atom. The Bertz CT molecular complexity index is 469. The molecule has 1 saturated carbocycles. The van der Waals surface area contributed by atoms with Gasteiger partial charge in [-0.15, -0.1) is 0 Å². The van der Waals surface area contributed by atoms with E-state index in [1.807, 2.05) is 0 Å². The van der Waals surface area contributed by atoms with Crippen molar-refractivity contribution in [3.63, 3.8) is 0 Å². The molecule has 6 nitrogen and oxygen atoms in total. The number of rotatable bonds is 3. The molecule has 1 aliphatic rings. The molecule has 0 aromatic carbocycles. The van der Waals surface area contributed by atoms with Crippen LogP contribution in [0, 0.1) is 12.8 Å². The van der Waals surface area contributed by atoms with E-state index in [1.165, 1.54) is 0 Å². The van der Waals surface area contributed by atoms with E-state index < -0.39 is 11.9 Å². The van der Waals surface area contributed by atoms with Crippen LogP contribution in [0.5, 0.6) is 0 Å². The van der Waals surface area contributed by atoms with Gasteiger partial charge in [0.05, 0.1) is 5.92 Å². The van der Waals surface area contributed by atoms with E-state index in [9.17, 15) is 14.7 Å². The first-order valence-electron chi connectivity index (χ1n) is 6.55. The topological polar surface area (TPSA) is 92.4 Å². The fraction of sp³-hybridized carbons (Fsp3) is 0.615. The van der Waals surface area contributed by atoms with Crippen LogP contribution >= 0.6 is 0 Å². The third-order valence-electron chi connectivity index (χ3n) is 3.51. The van der Waals surface area contributed by atoms with Gasteiger partial charge in [-0.05, 0) is 19.8 Å². The predicted octanol–water partition coefficient (Wildman–Crippen LogP) is 1.75. The number of hydrogen-bond acceptors (Lipinski definition) is 4. The number of aliphatic carboxylic acids is 1. The maximum atomic E-state index is 12.0. The van der Waals surface area contributed by atoms with Gasteiger partial charge >= 0.3 is 5.97 Å². The van der Waals surface area contributed by atoms with Gasteiger partial charge in [0.15, 0.2) is 5.69 Å². The van der Waals surface area contributed by atoms with E-state index in [0.29, 0.717) is 18.6 Å². The van der Waals surface area contributed by atoms with Crippen molar-refractivity contribution in [3.05, 3.63) is 17.5 Å². The molecule has 0 unspecified atom stereocenters. The summed E-state index contributed by atoms with van der Waals surface area (Å²) in [6.07, 6.45) is 4.15. The zero-order chi connectivity index (χ0) is 13.8. The van der Waals surface area contributed by atoms with E-state index in [0.717, 1.165) is 19.3 Å². The normalized spacial score (nSPS) is 23.6. The molecule has 1 aliphatic carbocycles. The van der Waals surface area contributed by atoms with Gasteiger partial charge in [0.2, 0.25) is 0 Å². The molecule has 2 rings (SSSR count). The molecular formula is C13H18N2O4. The Kier molecular flexibility index (Phi) is 4.19. The molecule has 104 valence electrons. The molecule has 0 saturated heterocycles. The van der Waals surface area contributed by atoms with Gasteiger partial charge < -0.3 is 14.9 Å². The van der Waals surface area contributed by atoms with Crippen molar-refractivity contribution >= 4 is 11.9 Å². The first-order valence-corrected chi connectivity index (χ1v) is 6.55. The second-order valence-electron chi connectivity index (χ2n) is 4.99. The molecule has 0 bridgehead atoms. The number of aromatic nitrogens is 1. The van der Waals surface area contributed by atoms with Gasteiger partial charge in [-0.25, -0.2) is 0 Å². The minimum Gasteiger partial charge on any atom is -0.481 e. The monoisotopic (exact) mass is 266 g/mol. The molecule has 1 aromatic rings. The summed E-state index contributed by atoms with van der Waals surface area (Å²) in [4.78, 5) is 23.2. The smallest absolute Gasteiger partial charge is 0.308 e. The summed E-state index contributed by atoms with van der Waals surface area (Å²) in [5, 5.41) is 15.7. The lowest BCUT2D eigenvalue weighted by Crippen LogP contribution is -2.42. The van der Waals surface area contributed by atoms with Gasteiger partial charge in [0.1, 0.15) is 5.76 Å². The van der Waals surface area contributed by atoms with Crippen molar-refractivity contribution in [1.29, 1.82) is 0 Å². The minimum absolute atomic E-state index is 0.200. The number of carboxylic acid groups (broad SMARTS) is 1. The molecule has 2 N–H and O–H groups in total. The van der Waals surface area contributed by atoms with Gasteiger partial charge in [-0.2, -0.15) is 0 Å². The van der Waals surface area contributed by atoms with Crippen molar-refractivity contribution in [3.8, 4) is 0 Å². The SMILES string of the molecule is Cc1cc(C(=O)N[C@H]2CCCCC[C@@H]2C(=O)O)no1. The number of amides is 1. The van der Waals surface area contributed by atoms with Crippen LogP contribution in [0.15, 0.2) is 10.6 Å². The summed E-state index contributed by atoms with van der Waals surface area (Å²) in [5.41, 5.74) is 0.200. The molecular weight excluding hydrogens is 248 g/mol. The van der Waals surface area contributed by atoms with Crippen LogP contribution in [0.1, 0.15) is 48.4 Å². The summed E-state index contributed by atoms with van der Waals surface area (Å²) in [5.74, 6) is -1.17. The largest absolute Gasteiger partial charge is 0.481 e. The first-order chi connectivity index (χ1) is 9.08. The van der Waals surface area contributed by atoms with Crippen molar-refractivity contribution < 1.29 is 19.2 Å². The van der Waals surface area contributed by atoms with E-state index >= 15 is 0 Å². The lowest BCUT2D eigenvalue weighted by Gasteiger charge is -2.22. The maximum absolute atomic E-state index is 12.0. The van der Waals surface area contributed by atoms with Gasteiger partial charge in [-0.3, -0.25) is 9.59 Å². The minimum atomic E-state index is -0.844. The molecule has 1 aromatic heterocycles. The third kappa shape index (κ3) is 3.33. The highest BCUT2D eigenvalue weighted by atomic mass is 16.5. The van der Waals surface area contributed by atoms with Gasteiger partial charge in [0, 0.05) is 12.1 Å². The summed E-state index contributed by atoms with van der Waals surface area (Å²) in [6.45, 7) is 1.70. The van der Waals surface area contributed by atoms with Crippen LogP contribution in [0.25, 0.3) is 0 Å². The quantitative estimate of drug-likeness (QED) is 0.813. The zero-order valence-corrected chi connectivity index (χ0v) is 10.9. The number of aryl methyl sites for hydroxylation is 1. The highest BCUT2D eigenvalue weighted by molar-refractivity contribution is 5.92. The summed E-state index contributed by atoms with van der Waals surface area (Å²) >= 11 is 0. The Morgan fingerprint density at radius 3 is 2.74 bits per heavy atom. The molecule has 1 amide bonds. The number of nitrogens with one attached hydrogen (secondary N) is 1. The second kappa shape index (κ2) is 5.86. The zero-order valence-electron chi connectivity index (χ0n) is 10.9. The Labute approximate surface area is 111 Å². The van der Waals surface area contributed by atoms with E-state index in [4.69, 9.17) is 4.52 Å². The number of carbonyl (C=O) groups is 2. The summed E-state index contributed by atoms with van der Waals surface area (Å²) in [6, 6.07) is 1.21. The number of carboxylic acids is 1. The van der Waals surface area contributed by atoms with Crippen molar-refractivity contribution in [2.75, 3.05) is 0 Å². The van der Waals surface area contributed by atoms with Crippen LogP contribution in [-0.4, -0.2) is 28.2 Å². The number of hydrogen-bond donors (Lipinski definition) is 2. The Morgan fingerprint density at radius 2 is 2.11 bits per heavy atom. The third-order valence-corrected chi connectivity index (χ3v) is 3.51. The lowest BCUT2D eigenvalue weighted by molar-refractivity contribution is -0.142. The van der Waals surface area contributed by atoms with Crippen LogP contribution in [0.2, 0.25) is 0 Å². The molecule has 2 atom stereocenters. The molecule has 0 aliphatic heterocycles. The van der Waals surface area contributed by atoms with E-state index in [1.54, 1.807) is 13.0 Å². The van der Waals surface area contributed by atoms with Crippen LogP contribution in [-0.2, 0) is 4.79 Å². The summed E-state index contributed by atoms with van der Waals surface area (Å²) in [7, 11) is 0. The Balaban J connectivity index is 2.06. The van der Waals surface area contributed by atoms with Gasteiger partial charge in [-0.1, -0.05) is 24.4 Å².